The lowest BCUT2D eigenvalue weighted by molar-refractivity contribution is -0.136. The lowest BCUT2D eigenvalue weighted by Gasteiger charge is -2.11. The van der Waals surface area contributed by atoms with Gasteiger partial charge in [0, 0.05) is 30.2 Å². The Hall–Kier alpha value is -3.60. The van der Waals surface area contributed by atoms with Crippen LogP contribution in [0.4, 0.5) is 4.39 Å². The van der Waals surface area contributed by atoms with Crippen LogP contribution in [0.2, 0.25) is 0 Å². The van der Waals surface area contributed by atoms with E-state index in [0.29, 0.717) is 17.9 Å². The van der Waals surface area contributed by atoms with E-state index in [1.165, 1.54) is 28.2 Å². The third-order valence-electron chi connectivity index (χ3n) is 5.42. The number of fused-ring (bicyclic) bond motifs is 1. The summed E-state index contributed by atoms with van der Waals surface area (Å²) in [5, 5.41) is 9.98. The molecule has 0 saturated heterocycles. The van der Waals surface area contributed by atoms with Crippen LogP contribution in [0.15, 0.2) is 72.8 Å². The monoisotopic (exact) mass is 417 g/mol. The number of carboxylic acids is 1. The summed E-state index contributed by atoms with van der Waals surface area (Å²) in [5.74, 6) is -0.957. The van der Waals surface area contributed by atoms with Crippen LogP contribution in [-0.2, 0) is 24.4 Å². The molecule has 5 heteroatoms. The van der Waals surface area contributed by atoms with Crippen molar-refractivity contribution in [3.8, 4) is 5.75 Å². The minimum absolute atomic E-state index is 0.0954. The fraction of sp³-hybridized carbons (Fsp3) is 0.192. The second kappa shape index (κ2) is 9.04. The van der Waals surface area contributed by atoms with Crippen molar-refractivity contribution in [3.05, 3.63) is 101 Å². The maximum atomic E-state index is 14.1. The second-order valence-corrected chi connectivity index (χ2v) is 7.68. The molecule has 0 aliphatic heterocycles. The van der Waals surface area contributed by atoms with Crippen molar-refractivity contribution in [2.75, 3.05) is 0 Å². The highest BCUT2D eigenvalue weighted by Crippen LogP contribution is 2.22. The van der Waals surface area contributed by atoms with Crippen molar-refractivity contribution in [2.45, 2.75) is 32.9 Å². The molecule has 0 spiro atoms. The summed E-state index contributed by atoms with van der Waals surface area (Å²) < 4.78 is 22.1. The third-order valence-corrected chi connectivity index (χ3v) is 5.42. The number of aryl methyl sites for hydroxylation is 2. The van der Waals surface area contributed by atoms with Crippen molar-refractivity contribution >= 4 is 16.9 Å². The van der Waals surface area contributed by atoms with Gasteiger partial charge in [0.1, 0.15) is 18.2 Å². The zero-order chi connectivity index (χ0) is 21.8. The largest absolute Gasteiger partial charge is 0.489 e. The molecule has 4 aromatic rings. The lowest BCUT2D eigenvalue weighted by atomic mass is 10.1. The number of nitrogens with zero attached hydrogens (tertiary/aromatic N) is 1. The lowest BCUT2D eigenvalue weighted by Crippen LogP contribution is -2.02. The first kappa shape index (κ1) is 20.7. The molecule has 4 rings (SSSR count). The molecular weight excluding hydrogens is 393 g/mol. The molecule has 1 N–H and O–H groups in total. The summed E-state index contributed by atoms with van der Waals surface area (Å²) in [6, 6.07) is 23.4. The van der Waals surface area contributed by atoms with Gasteiger partial charge in [-0.15, -0.1) is 0 Å². The van der Waals surface area contributed by atoms with Gasteiger partial charge in [-0.25, -0.2) is 4.39 Å². The number of para-hydroxylation sites is 1. The quantitative estimate of drug-likeness (QED) is 0.398. The van der Waals surface area contributed by atoms with E-state index in [4.69, 9.17) is 9.84 Å². The summed E-state index contributed by atoms with van der Waals surface area (Å²) in [5.41, 5.74) is 5.02. The molecule has 4 nitrogen and oxygen atoms in total. The molecular formula is C26H24FNO3. The smallest absolute Gasteiger partial charge is 0.303 e. The van der Waals surface area contributed by atoms with E-state index >= 15 is 0 Å². The molecule has 0 aliphatic rings. The Labute approximate surface area is 180 Å². The highest BCUT2D eigenvalue weighted by Gasteiger charge is 2.08. The van der Waals surface area contributed by atoms with Crippen LogP contribution in [0.1, 0.15) is 28.8 Å². The van der Waals surface area contributed by atoms with Crippen molar-refractivity contribution in [2.24, 2.45) is 0 Å². The summed E-state index contributed by atoms with van der Waals surface area (Å²) >= 11 is 0. The van der Waals surface area contributed by atoms with Gasteiger partial charge in [0.25, 0.3) is 0 Å². The van der Waals surface area contributed by atoms with Crippen LogP contribution in [-0.4, -0.2) is 15.6 Å². The average Bonchev–Trinajstić information content (AvgIpc) is 3.07. The number of hydrogen-bond donors (Lipinski definition) is 1. The first-order chi connectivity index (χ1) is 15.0. The molecule has 0 saturated carbocycles. The van der Waals surface area contributed by atoms with Gasteiger partial charge in [0.05, 0.1) is 0 Å². The van der Waals surface area contributed by atoms with Gasteiger partial charge in [-0.3, -0.25) is 4.79 Å². The predicted octanol–water partition coefficient (Wildman–Crippen LogP) is 5.73. The van der Waals surface area contributed by atoms with Crippen LogP contribution in [0.25, 0.3) is 10.9 Å². The summed E-state index contributed by atoms with van der Waals surface area (Å²) in [6.07, 6.45) is 0.0703. The zero-order valence-corrected chi connectivity index (χ0v) is 17.3. The summed E-state index contributed by atoms with van der Waals surface area (Å²) in [6.45, 7) is 3.25. The van der Waals surface area contributed by atoms with Gasteiger partial charge >= 0.3 is 5.97 Å². The second-order valence-electron chi connectivity index (χ2n) is 7.68. The Kier molecular flexibility index (Phi) is 6.03. The highest BCUT2D eigenvalue weighted by atomic mass is 19.1. The van der Waals surface area contributed by atoms with E-state index in [9.17, 15) is 9.18 Å². The van der Waals surface area contributed by atoms with E-state index in [-0.39, 0.29) is 12.8 Å². The number of aromatic nitrogens is 1. The molecule has 0 radical (unpaired) electrons. The van der Waals surface area contributed by atoms with E-state index in [2.05, 4.69) is 54.0 Å². The van der Waals surface area contributed by atoms with Gasteiger partial charge in [0.15, 0.2) is 0 Å². The molecule has 158 valence electrons. The molecule has 1 aromatic heterocycles. The topological polar surface area (TPSA) is 51.5 Å². The van der Waals surface area contributed by atoms with Crippen LogP contribution in [0, 0.1) is 12.7 Å². The van der Waals surface area contributed by atoms with E-state index in [1.807, 2.05) is 12.1 Å². The van der Waals surface area contributed by atoms with Gasteiger partial charge in [-0.05, 0) is 53.6 Å². The number of aliphatic carboxylic acids is 1. The minimum atomic E-state index is -0.941. The summed E-state index contributed by atoms with van der Waals surface area (Å²) in [7, 11) is 0. The Morgan fingerprint density at radius 2 is 1.74 bits per heavy atom. The third kappa shape index (κ3) is 4.94. The maximum Gasteiger partial charge on any atom is 0.303 e. The zero-order valence-electron chi connectivity index (χ0n) is 17.3. The summed E-state index contributed by atoms with van der Waals surface area (Å²) in [4.78, 5) is 10.6. The van der Waals surface area contributed by atoms with Crippen LogP contribution >= 0.6 is 0 Å². The van der Waals surface area contributed by atoms with Crippen LogP contribution in [0.5, 0.6) is 5.75 Å². The van der Waals surface area contributed by atoms with Crippen molar-refractivity contribution in [1.82, 2.24) is 4.57 Å². The molecule has 0 unspecified atom stereocenters. The van der Waals surface area contributed by atoms with Gasteiger partial charge in [0.2, 0.25) is 0 Å². The predicted molar refractivity (Wildman–Crippen MR) is 119 cm³/mol. The van der Waals surface area contributed by atoms with Gasteiger partial charge in [-0.2, -0.15) is 0 Å². The molecule has 0 aliphatic carbocycles. The molecule has 3 aromatic carbocycles. The Bertz CT molecular complexity index is 1210. The Balaban J connectivity index is 1.38. The highest BCUT2D eigenvalue weighted by molar-refractivity contribution is 5.81. The van der Waals surface area contributed by atoms with E-state index in [1.54, 1.807) is 12.1 Å². The molecule has 0 atom stereocenters. The minimum Gasteiger partial charge on any atom is -0.489 e. The first-order valence-corrected chi connectivity index (χ1v) is 10.3. The normalized spacial score (nSPS) is 11.0. The van der Waals surface area contributed by atoms with Gasteiger partial charge < -0.3 is 14.4 Å². The number of carboxylic acid groups (broad SMARTS) is 1. The number of benzene rings is 3. The number of hydrogen-bond acceptors (Lipinski definition) is 2. The Morgan fingerprint density at radius 3 is 2.48 bits per heavy atom. The molecule has 1 heterocycles. The van der Waals surface area contributed by atoms with E-state index < -0.39 is 11.8 Å². The number of halogens is 1. The Morgan fingerprint density at radius 1 is 1.00 bits per heavy atom. The first-order valence-electron chi connectivity index (χ1n) is 10.3. The SMILES string of the molecule is Cc1cc2ccccc2n1Cc1ccc(COc2ccc(CCC(=O)O)c(F)c2)cc1. The van der Waals surface area contributed by atoms with Crippen LogP contribution < -0.4 is 4.74 Å². The fourth-order valence-corrected chi connectivity index (χ4v) is 3.71. The van der Waals surface area contributed by atoms with Crippen molar-refractivity contribution in [1.29, 1.82) is 0 Å². The number of ether oxygens (including phenoxy) is 1. The van der Waals surface area contributed by atoms with Crippen molar-refractivity contribution < 1.29 is 19.0 Å². The molecule has 0 amide bonds. The average molecular weight is 417 g/mol. The molecule has 0 fully saturated rings. The molecule has 0 bridgehead atoms. The number of rotatable bonds is 8. The van der Waals surface area contributed by atoms with Crippen LogP contribution in [0.3, 0.4) is 0 Å². The standard InChI is InChI=1S/C26H24FNO3/c1-18-14-22-4-2-3-5-25(22)28(18)16-19-6-8-20(9-7-19)17-31-23-12-10-21(24(27)15-23)11-13-26(29)30/h2-10,12,14-15H,11,13,16-17H2,1H3,(H,29,30). The van der Waals surface area contributed by atoms with E-state index in [0.717, 1.165) is 12.1 Å². The fourth-order valence-electron chi connectivity index (χ4n) is 3.71. The van der Waals surface area contributed by atoms with Gasteiger partial charge in [-0.1, -0.05) is 48.5 Å². The maximum absolute atomic E-state index is 14.1. The number of carbonyl (C=O) groups is 1. The van der Waals surface area contributed by atoms with Crippen molar-refractivity contribution in [3.63, 3.8) is 0 Å². The molecule has 31 heavy (non-hydrogen) atoms.